The number of nitrogens with zero attached hydrogens (tertiary/aromatic N) is 1. The van der Waals surface area contributed by atoms with Gasteiger partial charge < -0.3 is 15.4 Å². The van der Waals surface area contributed by atoms with Gasteiger partial charge in [-0.3, -0.25) is 4.79 Å². The van der Waals surface area contributed by atoms with Crippen LogP contribution < -0.4 is 5.73 Å². The molecule has 0 radical (unpaired) electrons. The first kappa shape index (κ1) is 18.2. The van der Waals surface area contributed by atoms with Crippen molar-refractivity contribution in [3.05, 3.63) is 34.9 Å². The summed E-state index contributed by atoms with van der Waals surface area (Å²) in [5.41, 5.74) is 5.93. The Morgan fingerprint density at radius 2 is 1.91 bits per heavy atom. The van der Waals surface area contributed by atoms with Crippen molar-refractivity contribution in [1.82, 2.24) is 4.90 Å². The lowest BCUT2D eigenvalue weighted by Gasteiger charge is -2.37. The molecule has 4 nitrogen and oxygen atoms in total. The summed E-state index contributed by atoms with van der Waals surface area (Å²) in [5, 5.41) is 0.687. The van der Waals surface area contributed by atoms with E-state index in [-0.39, 0.29) is 12.0 Å². The fourth-order valence-electron chi connectivity index (χ4n) is 2.94. The summed E-state index contributed by atoms with van der Waals surface area (Å²) in [5.74, 6) is 0.167. The molecule has 0 aromatic heterocycles. The van der Waals surface area contributed by atoms with Crippen molar-refractivity contribution in [1.29, 1.82) is 0 Å². The average Bonchev–Trinajstić information content (AvgIpc) is 2.55. The van der Waals surface area contributed by atoms with E-state index < -0.39 is 5.41 Å². The second-order valence-electron chi connectivity index (χ2n) is 6.64. The number of likely N-dealkylation sites (tertiary alicyclic amines) is 1. The largest absolute Gasteiger partial charge is 0.378 e. The van der Waals surface area contributed by atoms with Crippen molar-refractivity contribution < 1.29 is 9.53 Å². The lowest BCUT2D eigenvalue weighted by Crippen LogP contribution is -2.48. The van der Waals surface area contributed by atoms with Crippen molar-refractivity contribution in [2.45, 2.75) is 44.6 Å². The summed E-state index contributed by atoms with van der Waals surface area (Å²) in [7, 11) is 0. The fourth-order valence-corrected chi connectivity index (χ4v) is 3.07. The molecule has 2 N–H and O–H groups in total. The van der Waals surface area contributed by atoms with E-state index in [9.17, 15) is 4.79 Å². The van der Waals surface area contributed by atoms with Gasteiger partial charge in [0.05, 0.1) is 11.5 Å². The highest BCUT2D eigenvalue weighted by molar-refractivity contribution is 6.30. The number of carbonyl (C=O) groups is 1. The molecule has 0 saturated carbocycles. The van der Waals surface area contributed by atoms with Crippen LogP contribution in [-0.4, -0.2) is 43.2 Å². The molecule has 0 aliphatic carbocycles. The van der Waals surface area contributed by atoms with Crippen molar-refractivity contribution in [2.24, 2.45) is 5.73 Å². The Bertz CT molecular complexity index is 508. The van der Waals surface area contributed by atoms with Gasteiger partial charge in [0.1, 0.15) is 0 Å². The molecule has 23 heavy (non-hydrogen) atoms. The first-order chi connectivity index (χ1) is 10.9. The van der Waals surface area contributed by atoms with Crippen LogP contribution in [-0.2, 0) is 14.9 Å². The number of hydrogen-bond acceptors (Lipinski definition) is 3. The number of ether oxygens (including phenoxy) is 1. The molecule has 5 heteroatoms. The maximum Gasteiger partial charge on any atom is 0.232 e. The molecule has 0 atom stereocenters. The van der Waals surface area contributed by atoms with E-state index in [0.29, 0.717) is 18.2 Å². The van der Waals surface area contributed by atoms with Crippen molar-refractivity contribution in [2.75, 3.05) is 26.2 Å². The van der Waals surface area contributed by atoms with Gasteiger partial charge in [-0.25, -0.2) is 0 Å². The van der Waals surface area contributed by atoms with Gasteiger partial charge in [0.15, 0.2) is 0 Å². The zero-order chi connectivity index (χ0) is 16.9. The summed E-state index contributed by atoms with van der Waals surface area (Å²) in [6.07, 6.45) is 2.94. The third kappa shape index (κ3) is 4.69. The summed E-state index contributed by atoms with van der Waals surface area (Å²) in [4.78, 5) is 14.9. The molecular weight excluding hydrogens is 312 g/mol. The molecule has 1 aromatic carbocycles. The third-order valence-corrected chi connectivity index (χ3v) is 4.78. The summed E-state index contributed by atoms with van der Waals surface area (Å²) >= 11 is 5.94. The van der Waals surface area contributed by atoms with Gasteiger partial charge in [0.2, 0.25) is 5.91 Å². The minimum Gasteiger partial charge on any atom is -0.378 e. The number of hydrogen-bond donors (Lipinski definition) is 1. The predicted molar refractivity (Wildman–Crippen MR) is 93.7 cm³/mol. The number of halogens is 1. The van der Waals surface area contributed by atoms with Gasteiger partial charge in [-0.15, -0.1) is 0 Å². The molecule has 1 heterocycles. The van der Waals surface area contributed by atoms with Crippen LogP contribution in [0, 0.1) is 0 Å². The molecule has 1 fully saturated rings. The Labute approximate surface area is 143 Å². The molecule has 1 saturated heterocycles. The Morgan fingerprint density at radius 3 is 2.48 bits per heavy atom. The fraction of sp³-hybridized carbons (Fsp3) is 0.611. The van der Waals surface area contributed by atoms with Gasteiger partial charge >= 0.3 is 0 Å². The van der Waals surface area contributed by atoms with E-state index >= 15 is 0 Å². The van der Waals surface area contributed by atoms with Crippen LogP contribution >= 0.6 is 11.6 Å². The zero-order valence-corrected chi connectivity index (χ0v) is 14.8. The lowest BCUT2D eigenvalue weighted by molar-refractivity contribution is -0.139. The van der Waals surface area contributed by atoms with E-state index in [1.54, 1.807) is 0 Å². The molecule has 1 aliphatic heterocycles. The Balaban J connectivity index is 1.92. The van der Waals surface area contributed by atoms with Crippen LogP contribution in [0.2, 0.25) is 5.02 Å². The van der Waals surface area contributed by atoms with E-state index in [4.69, 9.17) is 22.1 Å². The standard InChI is InChI=1S/C18H27ClN2O2/c1-18(2,14-4-6-15(19)7-5-14)17(22)21-11-8-16(9-12-21)23-13-3-10-20/h4-7,16H,3,8-13,20H2,1-2H3. The SMILES string of the molecule is CC(C)(C(=O)N1CCC(OCCCN)CC1)c1ccc(Cl)cc1. The van der Waals surface area contributed by atoms with Gasteiger partial charge in [-0.2, -0.15) is 0 Å². The monoisotopic (exact) mass is 338 g/mol. The molecule has 128 valence electrons. The Kier molecular flexibility index (Phi) is 6.45. The van der Waals surface area contributed by atoms with Crippen LogP contribution in [0.5, 0.6) is 0 Å². The first-order valence-corrected chi connectivity index (χ1v) is 8.70. The molecule has 0 spiro atoms. The number of nitrogens with two attached hydrogens (primary N) is 1. The molecule has 1 aliphatic rings. The third-order valence-electron chi connectivity index (χ3n) is 4.53. The van der Waals surface area contributed by atoms with Gasteiger partial charge in [-0.1, -0.05) is 23.7 Å². The molecular formula is C18H27ClN2O2. The smallest absolute Gasteiger partial charge is 0.232 e. The minimum atomic E-state index is -0.544. The summed E-state index contributed by atoms with van der Waals surface area (Å²) in [6, 6.07) is 7.54. The average molecular weight is 339 g/mol. The first-order valence-electron chi connectivity index (χ1n) is 8.32. The summed E-state index contributed by atoms with van der Waals surface area (Å²) < 4.78 is 5.80. The van der Waals surface area contributed by atoms with Crippen LogP contribution in [0.15, 0.2) is 24.3 Å². The maximum absolute atomic E-state index is 12.9. The number of amides is 1. The lowest BCUT2D eigenvalue weighted by atomic mass is 9.82. The van der Waals surface area contributed by atoms with Crippen LogP contribution in [0.3, 0.4) is 0 Å². The Morgan fingerprint density at radius 1 is 1.30 bits per heavy atom. The van der Waals surface area contributed by atoms with Gasteiger partial charge in [0, 0.05) is 24.7 Å². The number of rotatable bonds is 6. The predicted octanol–water partition coefficient (Wildman–Crippen LogP) is 2.97. The number of benzene rings is 1. The van der Waals surface area contributed by atoms with Gasteiger partial charge in [0.25, 0.3) is 0 Å². The molecule has 1 amide bonds. The summed E-state index contributed by atoms with van der Waals surface area (Å²) in [6.45, 7) is 6.83. The topological polar surface area (TPSA) is 55.6 Å². The van der Waals surface area contributed by atoms with E-state index in [1.807, 2.05) is 43.0 Å². The van der Waals surface area contributed by atoms with Crippen molar-refractivity contribution in [3.63, 3.8) is 0 Å². The quantitative estimate of drug-likeness (QED) is 0.811. The Hall–Kier alpha value is -1.10. The second-order valence-corrected chi connectivity index (χ2v) is 7.07. The zero-order valence-electron chi connectivity index (χ0n) is 14.1. The maximum atomic E-state index is 12.9. The van der Waals surface area contributed by atoms with Crippen molar-refractivity contribution >= 4 is 17.5 Å². The van der Waals surface area contributed by atoms with Crippen LogP contribution in [0.4, 0.5) is 0 Å². The highest BCUT2D eigenvalue weighted by Crippen LogP contribution is 2.28. The normalized spacial score (nSPS) is 16.6. The molecule has 0 unspecified atom stereocenters. The molecule has 0 bridgehead atoms. The molecule has 1 aromatic rings. The second kappa shape index (κ2) is 8.13. The van der Waals surface area contributed by atoms with Crippen LogP contribution in [0.25, 0.3) is 0 Å². The van der Waals surface area contributed by atoms with E-state index in [2.05, 4.69) is 0 Å². The molecule has 2 rings (SSSR count). The van der Waals surface area contributed by atoms with Crippen LogP contribution in [0.1, 0.15) is 38.7 Å². The van der Waals surface area contributed by atoms with Gasteiger partial charge in [-0.05, 0) is 57.4 Å². The highest BCUT2D eigenvalue weighted by atomic mass is 35.5. The minimum absolute atomic E-state index is 0.167. The number of carbonyl (C=O) groups excluding carboxylic acids is 1. The number of piperidine rings is 1. The van der Waals surface area contributed by atoms with Crippen molar-refractivity contribution in [3.8, 4) is 0 Å². The van der Waals surface area contributed by atoms with E-state index in [1.165, 1.54) is 0 Å². The highest BCUT2D eigenvalue weighted by Gasteiger charge is 2.35. The van der Waals surface area contributed by atoms with E-state index in [0.717, 1.165) is 37.9 Å².